The van der Waals surface area contributed by atoms with Gasteiger partial charge in [-0.05, 0) is 43.2 Å². The van der Waals surface area contributed by atoms with Crippen molar-refractivity contribution in [2.45, 2.75) is 18.9 Å². The third-order valence-electron chi connectivity index (χ3n) is 3.88. The van der Waals surface area contributed by atoms with Crippen molar-refractivity contribution in [3.63, 3.8) is 0 Å². The van der Waals surface area contributed by atoms with Crippen LogP contribution in [-0.2, 0) is 9.84 Å². The van der Waals surface area contributed by atoms with E-state index in [1.54, 1.807) is 31.2 Å². The Morgan fingerprint density at radius 2 is 1.91 bits per heavy atom. The van der Waals surface area contributed by atoms with Gasteiger partial charge in [0, 0.05) is 4.88 Å². The quantitative estimate of drug-likeness (QED) is 0.923. The van der Waals surface area contributed by atoms with E-state index in [9.17, 15) is 17.6 Å². The monoisotopic (exact) mass is 353 g/mol. The van der Waals surface area contributed by atoms with Gasteiger partial charge >= 0.3 is 0 Å². The van der Waals surface area contributed by atoms with Crippen LogP contribution < -0.4 is 5.32 Å². The summed E-state index contributed by atoms with van der Waals surface area (Å²) in [7, 11) is -3.07. The molecule has 23 heavy (non-hydrogen) atoms. The van der Waals surface area contributed by atoms with Gasteiger partial charge < -0.3 is 5.32 Å². The zero-order valence-electron chi connectivity index (χ0n) is 12.5. The molecule has 7 heteroatoms. The number of hydrogen-bond acceptors (Lipinski definition) is 4. The Kier molecular flexibility index (Phi) is 4.01. The predicted molar refractivity (Wildman–Crippen MR) is 88.9 cm³/mol. The van der Waals surface area contributed by atoms with Gasteiger partial charge in [0.1, 0.15) is 5.82 Å². The average molecular weight is 353 g/mol. The van der Waals surface area contributed by atoms with E-state index in [1.165, 1.54) is 23.5 Å². The molecule has 2 aromatic rings. The van der Waals surface area contributed by atoms with Gasteiger partial charge in [-0.15, -0.1) is 11.3 Å². The third kappa shape index (κ3) is 3.61. The van der Waals surface area contributed by atoms with Gasteiger partial charge in [0.2, 0.25) is 0 Å². The molecular weight excluding hydrogens is 337 g/mol. The number of carbonyl (C=O) groups is 1. The number of nitrogens with one attached hydrogen (secondary N) is 1. The molecule has 0 saturated carbocycles. The molecule has 0 radical (unpaired) electrons. The fourth-order valence-corrected chi connectivity index (χ4v) is 5.67. The minimum absolute atomic E-state index is 0.0259. The standard InChI is InChI=1S/C16H16FNO3S2/c1-16(8-9-23(20,21)10-16)18-15(19)14-7-6-13(22-14)11-2-4-12(17)5-3-11/h2-7H,8-10H2,1H3,(H,18,19)/t16-/m0/s1. The van der Waals surface area contributed by atoms with Crippen LogP contribution in [0.4, 0.5) is 4.39 Å². The first-order chi connectivity index (χ1) is 10.8. The molecule has 0 bridgehead atoms. The minimum atomic E-state index is -3.07. The van der Waals surface area contributed by atoms with Crippen LogP contribution in [0, 0.1) is 5.82 Å². The highest BCUT2D eigenvalue weighted by atomic mass is 32.2. The Labute approximate surface area is 138 Å². The van der Waals surface area contributed by atoms with Gasteiger partial charge in [0.25, 0.3) is 5.91 Å². The highest BCUT2D eigenvalue weighted by Gasteiger charge is 2.39. The maximum absolute atomic E-state index is 13.0. The lowest BCUT2D eigenvalue weighted by Crippen LogP contribution is -2.46. The fraction of sp³-hybridized carbons (Fsp3) is 0.312. The van der Waals surface area contributed by atoms with Crippen molar-refractivity contribution in [1.29, 1.82) is 0 Å². The van der Waals surface area contributed by atoms with Gasteiger partial charge in [-0.2, -0.15) is 0 Å². The number of thiophene rings is 1. The summed E-state index contributed by atoms with van der Waals surface area (Å²) in [5.41, 5.74) is 0.126. The number of rotatable bonds is 3. The summed E-state index contributed by atoms with van der Waals surface area (Å²) in [6, 6.07) is 9.58. The summed E-state index contributed by atoms with van der Waals surface area (Å²) in [4.78, 5) is 13.7. The molecule has 1 aromatic carbocycles. The lowest BCUT2D eigenvalue weighted by molar-refractivity contribution is 0.0919. The number of amides is 1. The van der Waals surface area contributed by atoms with Crippen molar-refractivity contribution in [2.75, 3.05) is 11.5 Å². The van der Waals surface area contributed by atoms with Crippen LogP contribution in [0.2, 0.25) is 0 Å². The van der Waals surface area contributed by atoms with E-state index < -0.39 is 15.4 Å². The summed E-state index contributed by atoms with van der Waals surface area (Å²) in [6.07, 6.45) is 0.428. The second-order valence-electron chi connectivity index (χ2n) is 6.03. The molecule has 2 heterocycles. The molecule has 0 spiro atoms. The summed E-state index contributed by atoms with van der Waals surface area (Å²) < 4.78 is 36.2. The molecule has 1 amide bonds. The van der Waals surface area contributed by atoms with E-state index in [0.29, 0.717) is 11.3 Å². The van der Waals surface area contributed by atoms with E-state index >= 15 is 0 Å². The summed E-state index contributed by atoms with van der Waals surface area (Å²) in [5, 5.41) is 2.83. The zero-order valence-corrected chi connectivity index (χ0v) is 14.1. The number of sulfone groups is 1. The van der Waals surface area contributed by atoms with Gasteiger partial charge in [-0.25, -0.2) is 12.8 Å². The molecule has 1 fully saturated rings. The molecule has 1 N–H and O–H groups in total. The van der Waals surface area contributed by atoms with E-state index in [2.05, 4.69) is 5.32 Å². The Balaban J connectivity index is 1.75. The Morgan fingerprint density at radius 3 is 2.52 bits per heavy atom. The van der Waals surface area contributed by atoms with E-state index in [0.717, 1.165) is 10.4 Å². The van der Waals surface area contributed by atoms with Crippen molar-refractivity contribution in [1.82, 2.24) is 5.32 Å². The van der Waals surface area contributed by atoms with Crippen LogP contribution in [0.15, 0.2) is 36.4 Å². The molecule has 3 rings (SSSR count). The molecule has 0 aliphatic carbocycles. The van der Waals surface area contributed by atoms with Gasteiger partial charge in [-0.1, -0.05) is 12.1 Å². The van der Waals surface area contributed by atoms with E-state index in [-0.39, 0.29) is 23.2 Å². The molecule has 122 valence electrons. The molecule has 1 aliphatic rings. The van der Waals surface area contributed by atoms with Gasteiger partial charge in [-0.3, -0.25) is 4.79 Å². The smallest absolute Gasteiger partial charge is 0.261 e. The van der Waals surface area contributed by atoms with Crippen LogP contribution in [0.1, 0.15) is 23.0 Å². The first-order valence-corrected chi connectivity index (χ1v) is 9.79. The van der Waals surface area contributed by atoms with E-state index in [4.69, 9.17) is 0 Å². The Bertz CT molecular complexity index is 842. The number of hydrogen-bond donors (Lipinski definition) is 1. The molecule has 1 aromatic heterocycles. The zero-order chi connectivity index (χ0) is 16.7. The Morgan fingerprint density at radius 1 is 1.22 bits per heavy atom. The third-order valence-corrected chi connectivity index (χ3v) is 6.91. The van der Waals surface area contributed by atoms with Gasteiger partial charge in [0.15, 0.2) is 9.84 Å². The molecule has 1 saturated heterocycles. The van der Waals surface area contributed by atoms with Crippen LogP contribution in [0.25, 0.3) is 10.4 Å². The normalized spacial score (nSPS) is 22.9. The molecule has 4 nitrogen and oxygen atoms in total. The topological polar surface area (TPSA) is 63.2 Å². The lowest BCUT2D eigenvalue weighted by Gasteiger charge is -2.23. The first kappa shape index (κ1) is 16.1. The van der Waals surface area contributed by atoms with Crippen LogP contribution >= 0.6 is 11.3 Å². The highest BCUT2D eigenvalue weighted by molar-refractivity contribution is 7.91. The average Bonchev–Trinajstić information content (AvgIpc) is 3.05. The van der Waals surface area contributed by atoms with Crippen LogP contribution in [0.3, 0.4) is 0 Å². The predicted octanol–water partition coefficient (Wildman–Crippen LogP) is 2.86. The number of carbonyl (C=O) groups excluding carboxylic acids is 1. The lowest BCUT2D eigenvalue weighted by atomic mass is 10.0. The highest BCUT2D eigenvalue weighted by Crippen LogP contribution is 2.29. The van der Waals surface area contributed by atoms with Crippen LogP contribution in [-0.4, -0.2) is 31.4 Å². The molecular formula is C16H16FNO3S2. The Hall–Kier alpha value is -1.73. The SMILES string of the molecule is C[C@]1(NC(=O)c2ccc(-c3ccc(F)cc3)s2)CCS(=O)(=O)C1. The van der Waals surface area contributed by atoms with Crippen LogP contribution in [0.5, 0.6) is 0 Å². The van der Waals surface area contributed by atoms with Crippen molar-refractivity contribution in [3.05, 3.63) is 47.1 Å². The summed E-state index contributed by atoms with van der Waals surface area (Å²) in [6.45, 7) is 1.75. The fourth-order valence-electron chi connectivity index (χ4n) is 2.67. The molecule has 1 atom stereocenters. The van der Waals surface area contributed by atoms with Gasteiger partial charge in [0.05, 0.1) is 21.9 Å². The number of halogens is 1. The number of benzene rings is 1. The summed E-state index contributed by atoms with van der Waals surface area (Å²) in [5.74, 6) is -0.502. The minimum Gasteiger partial charge on any atom is -0.345 e. The first-order valence-electron chi connectivity index (χ1n) is 7.15. The molecule has 1 aliphatic heterocycles. The van der Waals surface area contributed by atoms with Crippen molar-refractivity contribution >= 4 is 27.1 Å². The van der Waals surface area contributed by atoms with Crippen molar-refractivity contribution in [3.8, 4) is 10.4 Å². The maximum Gasteiger partial charge on any atom is 0.261 e. The summed E-state index contributed by atoms with van der Waals surface area (Å²) >= 11 is 1.30. The van der Waals surface area contributed by atoms with Crippen molar-refractivity contribution < 1.29 is 17.6 Å². The second-order valence-corrected chi connectivity index (χ2v) is 9.30. The molecule has 0 unspecified atom stereocenters. The second kappa shape index (κ2) is 5.72. The maximum atomic E-state index is 13.0. The van der Waals surface area contributed by atoms with Crippen molar-refractivity contribution in [2.24, 2.45) is 0 Å². The largest absolute Gasteiger partial charge is 0.345 e. The van der Waals surface area contributed by atoms with E-state index in [1.807, 2.05) is 0 Å².